The third kappa shape index (κ3) is 1.49. The maximum atomic E-state index is 5.52. The molecule has 0 fully saturated rings. The van der Waals surface area contributed by atoms with E-state index in [0.717, 1.165) is 17.0 Å². The normalized spacial score (nSPS) is 10.4. The summed E-state index contributed by atoms with van der Waals surface area (Å²) in [6.07, 6.45) is 5.15. The number of rotatable bonds is 2. The Bertz CT molecular complexity index is 434. The van der Waals surface area contributed by atoms with E-state index in [0.29, 0.717) is 6.54 Å². The molecule has 5 heteroatoms. The van der Waals surface area contributed by atoms with Crippen molar-refractivity contribution in [3.05, 3.63) is 30.4 Å². The number of nitrogens with zero attached hydrogens (tertiary/aromatic N) is 4. The molecule has 72 valence electrons. The van der Waals surface area contributed by atoms with Crippen LogP contribution in [0.25, 0.3) is 11.4 Å². The van der Waals surface area contributed by atoms with Crippen molar-refractivity contribution in [2.24, 2.45) is 12.8 Å². The van der Waals surface area contributed by atoms with Gasteiger partial charge in [-0.3, -0.25) is 0 Å². The monoisotopic (exact) mass is 189 g/mol. The SMILES string of the molecule is Cn1cncc1-c1cc(CN)cnn1. The van der Waals surface area contributed by atoms with E-state index in [-0.39, 0.29) is 0 Å². The minimum absolute atomic E-state index is 0.473. The van der Waals surface area contributed by atoms with Gasteiger partial charge >= 0.3 is 0 Å². The molecule has 0 saturated carbocycles. The number of imidazole rings is 1. The van der Waals surface area contributed by atoms with Gasteiger partial charge in [0, 0.05) is 13.6 Å². The first-order valence-electron chi connectivity index (χ1n) is 4.29. The smallest absolute Gasteiger partial charge is 0.111 e. The third-order valence-electron chi connectivity index (χ3n) is 2.03. The van der Waals surface area contributed by atoms with Gasteiger partial charge < -0.3 is 10.3 Å². The highest BCUT2D eigenvalue weighted by atomic mass is 15.1. The summed E-state index contributed by atoms with van der Waals surface area (Å²) in [4.78, 5) is 4.02. The lowest BCUT2D eigenvalue weighted by atomic mass is 10.2. The van der Waals surface area contributed by atoms with Crippen LogP contribution in [-0.4, -0.2) is 19.7 Å². The fourth-order valence-electron chi connectivity index (χ4n) is 1.25. The predicted molar refractivity (Wildman–Crippen MR) is 52.1 cm³/mol. The van der Waals surface area contributed by atoms with E-state index in [9.17, 15) is 0 Å². The van der Waals surface area contributed by atoms with Gasteiger partial charge in [0.15, 0.2) is 0 Å². The molecule has 5 nitrogen and oxygen atoms in total. The fraction of sp³-hybridized carbons (Fsp3) is 0.222. The van der Waals surface area contributed by atoms with Crippen LogP contribution in [-0.2, 0) is 13.6 Å². The summed E-state index contributed by atoms with van der Waals surface area (Å²) in [5.74, 6) is 0. The second-order valence-electron chi connectivity index (χ2n) is 3.04. The van der Waals surface area contributed by atoms with Crippen molar-refractivity contribution in [3.8, 4) is 11.4 Å². The number of nitrogens with two attached hydrogens (primary N) is 1. The summed E-state index contributed by atoms with van der Waals surface area (Å²) in [5.41, 5.74) is 8.23. The zero-order valence-corrected chi connectivity index (χ0v) is 7.88. The molecule has 0 unspecified atom stereocenters. The molecule has 0 aliphatic heterocycles. The van der Waals surface area contributed by atoms with Crippen LogP contribution in [0.1, 0.15) is 5.56 Å². The van der Waals surface area contributed by atoms with Crippen LogP contribution in [0.2, 0.25) is 0 Å². The first kappa shape index (κ1) is 8.83. The summed E-state index contributed by atoms with van der Waals surface area (Å²) in [7, 11) is 1.92. The van der Waals surface area contributed by atoms with Crippen molar-refractivity contribution in [2.45, 2.75) is 6.54 Å². The fourth-order valence-corrected chi connectivity index (χ4v) is 1.25. The molecule has 0 saturated heterocycles. The molecule has 0 aromatic carbocycles. The average Bonchev–Trinajstić information content (AvgIpc) is 2.65. The van der Waals surface area contributed by atoms with E-state index in [1.807, 2.05) is 17.7 Å². The van der Waals surface area contributed by atoms with Gasteiger partial charge in [0.2, 0.25) is 0 Å². The zero-order valence-electron chi connectivity index (χ0n) is 7.88. The van der Waals surface area contributed by atoms with E-state index in [1.54, 1.807) is 18.7 Å². The Labute approximate surface area is 81.6 Å². The van der Waals surface area contributed by atoms with E-state index in [1.165, 1.54) is 0 Å². The number of hydrogen-bond acceptors (Lipinski definition) is 4. The van der Waals surface area contributed by atoms with Crippen molar-refractivity contribution in [3.63, 3.8) is 0 Å². The van der Waals surface area contributed by atoms with Crippen LogP contribution in [0.5, 0.6) is 0 Å². The quantitative estimate of drug-likeness (QED) is 0.739. The summed E-state index contributed by atoms with van der Waals surface area (Å²) < 4.78 is 1.89. The molecule has 0 aliphatic carbocycles. The van der Waals surface area contributed by atoms with Crippen LogP contribution in [0, 0.1) is 0 Å². The Morgan fingerprint density at radius 1 is 1.43 bits per heavy atom. The zero-order chi connectivity index (χ0) is 9.97. The van der Waals surface area contributed by atoms with E-state index in [4.69, 9.17) is 5.73 Å². The Balaban J connectivity index is 2.47. The summed E-state index contributed by atoms with van der Waals surface area (Å²) in [5, 5.41) is 7.91. The molecule has 0 radical (unpaired) electrons. The van der Waals surface area contributed by atoms with Gasteiger partial charge in [-0.2, -0.15) is 5.10 Å². The first-order valence-corrected chi connectivity index (χ1v) is 4.29. The van der Waals surface area contributed by atoms with Gasteiger partial charge in [-0.15, -0.1) is 5.10 Å². The van der Waals surface area contributed by atoms with Crippen LogP contribution in [0.3, 0.4) is 0 Å². The number of aryl methyl sites for hydroxylation is 1. The maximum Gasteiger partial charge on any atom is 0.111 e. The molecule has 0 aliphatic rings. The molecule has 2 aromatic heterocycles. The van der Waals surface area contributed by atoms with Gasteiger partial charge in [0.25, 0.3) is 0 Å². The molecule has 2 aromatic rings. The van der Waals surface area contributed by atoms with Crippen LogP contribution < -0.4 is 5.73 Å². The van der Waals surface area contributed by atoms with Gasteiger partial charge in [0.1, 0.15) is 5.69 Å². The van der Waals surface area contributed by atoms with E-state index in [2.05, 4.69) is 15.2 Å². The largest absolute Gasteiger partial charge is 0.332 e. The Morgan fingerprint density at radius 3 is 2.93 bits per heavy atom. The van der Waals surface area contributed by atoms with Crippen molar-refractivity contribution in [1.29, 1.82) is 0 Å². The van der Waals surface area contributed by atoms with Crippen LogP contribution in [0.4, 0.5) is 0 Å². The summed E-state index contributed by atoms with van der Waals surface area (Å²) in [6.45, 7) is 0.473. The molecule has 14 heavy (non-hydrogen) atoms. The third-order valence-corrected chi connectivity index (χ3v) is 2.03. The molecular weight excluding hydrogens is 178 g/mol. The second kappa shape index (κ2) is 3.55. The first-order chi connectivity index (χ1) is 6.81. The van der Waals surface area contributed by atoms with E-state index >= 15 is 0 Å². The van der Waals surface area contributed by atoms with Crippen LogP contribution >= 0.6 is 0 Å². The van der Waals surface area contributed by atoms with Gasteiger partial charge in [-0.05, 0) is 11.6 Å². The van der Waals surface area contributed by atoms with Crippen molar-refractivity contribution >= 4 is 0 Å². The lowest BCUT2D eigenvalue weighted by Gasteiger charge is -2.01. The lowest BCUT2D eigenvalue weighted by molar-refractivity contribution is 0.899. The highest BCUT2D eigenvalue weighted by Gasteiger charge is 2.04. The molecular formula is C9H11N5. The maximum absolute atomic E-state index is 5.52. The van der Waals surface area contributed by atoms with Gasteiger partial charge in [-0.25, -0.2) is 4.98 Å². The molecule has 0 bridgehead atoms. The highest BCUT2D eigenvalue weighted by molar-refractivity contribution is 5.53. The Kier molecular flexibility index (Phi) is 2.24. The molecule has 2 rings (SSSR count). The van der Waals surface area contributed by atoms with Crippen molar-refractivity contribution < 1.29 is 0 Å². The molecule has 2 N–H and O–H groups in total. The van der Waals surface area contributed by atoms with Crippen molar-refractivity contribution in [1.82, 2.24) is 19.7 Å². The lowest BCUT2D eigenvalue weighted by Crippen LogP contribution is -2.00. The number of aromatic nitrogens is 4. The molecule has 2 heterocycles. The van der Waals surface area contributed by atoms with Gasteiger partial charge in [0.05, 0.1) is 24.4 Å². The van der Waals surface area contributed by atoms with Gasteiger partial charge in [-0.1, -0.05) is 0 Å². The summed E-state index contributed by atoms with van der Waals surface area (Å²) >= 11 is 0. The second-order valence-corrected chi connectivity index (χ2v) is 3.04. The molecule has 0 spiro atoms. The predicted octanol–water partition coefficient (Wildman–Crippen LogP) is 0.336. The Hall–Kier alpha value is -1.75. The average molecular weight is 189 g/mol. The minimum Gasteiger partial charge on any atom is -0.332 e. The minimum atomic E-state index is 0.473. The summed E-state index contributed by atoms with van der Waals surface area (Å²) in [6, 6.07) is 1.92. The molecule has 0 atom stereocenters. The topological polar surface area (TPSA) is 69.6 Å². The standard InChI is InChI=1S/C9H11N5/c1-14-6-11-5-9(14)8-2-7(3-10)4-12-13-8/h2,4-6H,3,10H2,1H3. The van der Waals surface area contributed by atoms with Crippen LogP contribution in [0.15, 0.2) is 24.8 Å². The highest BCUT2D eigenvalue weighted by Crippen LogP contribution is 2.14. The van der Waals surface area contributed by atoms with Crippen molar-refractivity contribution in [2.75, 3.05) is 0 Å². The number of hydrogen-bond donors (Lipinski definition) is 1. The Morgan fingerprint density at radius 2 is 2.29 bits per heavy atom. The molecule has 0 amide bonds. The van der Waals surface area contributed by atoms with E-state index < -0.39 is 0 Å².